The summed E-state index contributed by atoms with van der Waals surface area (Å²) in [7, 11) is 0. The molecule has 0 bridgehead atoms. The first-order valence-corrected chi connectivity index (χ1v) is 7.50. The van der Waals surface area contributed by atoms with Crippen molar-refractivity contribution in [2.24, 2.45) is 0 Å². The van der Waals surface area contributed by atoms with E-state index >= 15 is 0 Å². The zero-order chi connectivity index (χ0) is 16.5. The van der Waals surface area contributed by atoms with Gasteiger partial charge >= 0.3 is 11.8 Å². The summed E-state index contributed by atoms with van der Waals surface area (Å²) in [6.45, 7) is 3.15. The Morgan fingerprint density at radius 2 is 1.35 bits per heavy atom. The van der Waals surface area contributed by atoms with Crippen molar-refractivity contribution < 1.29 is 14.3 Å². The lowest BCUT2D eigenvalue weighted by molar-refractivity contribution is -0.139. The van der Waals surface area contributed by atoms with Gasteiger partial charge in [-0.3, -0.25) is 9.59 Å². The molecule has 0 aliphatic rings. The maximum atomic E-state index is 11.8. The highest BCUT2D eigenvalue weighted by molar-refractivity contribution is 6.35. The minimum atomic E-state index is -0.644. The molecule has 2 aromatic rings. The Morgan fingerprint density at radius 1 is 0.826 bits per heavy atom. The molecule has 0 saturated carbocycles. The maximum absolute atomic E-state index is 11.8. The second-order valence-corrected chi connectivity index (χ2v) is 4.93. The number of amides is 2. The smallest absolute Gasteiger partial charge is 0.309 e. The van der Waals surface area contributed by atoms with E-state index in [4.69, 9.17) is 4.74 Å². The van der Waals surface area contributed by atoms with Crippen molar-refractivity contribution in [2.75, 3.05) is 6.61 Å². The topological polar surface area (TPSA) is 67.4 Å². The van der Waals surface area contributed by atoms with Gasteiger partial charge in [0.2, 0.25) is 0 Å². The van der Waals surface area contributed by atoms with Gasteiger partial charge in [0.25, 0.3) is 0 Å². The molecule has 2 amide bonds. The van der Waals surface area contributed by atoms with E-state index in [-0.39, 0.29) is 0 Å². The molecule has 0 atom stereocenters. The molecule has 2 aromatic carbocycles. The van der Waals surface area contributed by atoms with Crippen LogP contribution in [0.2, 0.25) is 0 Å². The number of benzene rings is 2. The van der Waals surface area contributed by atoms with Crippen molar-refractivity contribution in [3.8, 4) is 5.75 Å². The molecule has 0 fully saturated rings. The lowest BCUT2D eigenvalue weighted by Crippen LogP contribution is -2.39. The number of hydrogen-bond donors (Lipinski definition) is 2. The molecule has 0 aromatic heterocycles. The third-order valence-corrected chi connectivity index (χ3v) is 3.19. The van der Waals surface area contributed by atoms with Crippen LogP contribution in [0.4, 0.5) is 0 Å². The van der Waals surface area contributed by atoms with Crippen LogP contribution >= 0.6 is 0 Å². The van der Waals surface area contributed by atoms with Gasteiger partial charge < -0.3 is 15.4 Å². The van der Waals surface area contributed by atoms with Crippen LogP contribution in [0.25, 0.3) is 0 Å². The van der Waals surface area contributed by atoms with Crippen molar-refractivity contribution in [3.05, 3.63) is 65.7 Å². The quantitative estimate of drug-likeness (QED) is 0.802. The molecule has 0 aliphatic carbocycles. The summed E-state index contributed by atoms with van der Waals surface area (Å²) < 4.78 is 5.35. The number of carbonyl (C=O) groups is 2. The normalized spacial score (nSPS) is 9.96. The summed E-state index contributed by atoms with van der Waals surface area (Å²) >= 11 is 0. The molecule has 5 heteroatoms. The zero-order valence-electron chi connectivity index (χ0n) is 13.0. The molecule has 23 heavy (non-hydrogen) atoms. The molecule has 0 unspecified atom stereocenters. The van der Waals surface area contributed by atoms with Crippen molar-refractivity contribution in [1.29, 1.82) is 0 Å². The highest BCUT2D eigenvalue weighted by Crippen LogP contribution is 2.11. The van der Waals surface area contributed by atoms with Crippen LogP contribution < -0.4 is 15.4 Å². The van der Waals surface area contributed by atoms with Gasteiger partial charge in [0.15, 0.2) is 0 Å². The Morgan fingerprint density at radius 3 is 1.87 bits per heavy atom. The van der Waals surface area contributed by atoms with Crippen molar-refractivity contribution in [2.45, 2.75) is 20.0 Å². The van der Waals surface area contributed by atoms with Crippen LogP contribution in [0.15, 0.2) is 54.6 Å². The second kappa shape index (κ2) is 8.58. The van der Waals surface area contributed by atoms with Crippen LogP contribution in [-0.4, -0.2) is 18.4 Å². The van der Waals surface area contributed by atoms with Gasteiger partial charge in [0.05, 0.1) is 6.61 Å². The van der Waals surface area contributed by atoms with Gasteiger partial charge in [-0.15, -0.1) is 0 Å². The number of carbonyl (C=O) groups excluding carboxylic acids is 2. The van der Waals surface area contributed by atoms with Gasteiger partial charge in [-0.2, -0.15) is 0 Å². The lowest BCUT2D eigenvalue weighted by Gasteiger charge is -2.08. The SMILES string of the molecule is CCOc1ccc(CNC(=O)C(=O)NCc2ccccc2)cc1. The molecule has 0 heterocycles. The van der Waals surface area contributed by atoms with Gasteiger partial charge in [-0.1, -0.05) is 42.5 Å². The van der Waals surface area contributed by atoms with E-state index in [2.05, 4.69) is 10.6 Å². The predicted octanol–water partition coefficient (Wildman–Crippen LogP) is 2.02. The summed E-state index contributed by atoms with van der Waals surface area (Å²) in [6, 6.07) is 16.8. The first-order valence-electron chi connectivity index (χ1n) is 7.50. The van der Waals surface area contributed by atoms with E-state index < -0.39 is 11.8 Å². The standard InChI is InChI=1S/C18H20N2O3/c1-2-23-16-10-8-15(9-11-16)13-20-18(22)17(21)19-12-14-6-4-3-5-7-14/h3-11H,2,12-13H2,1H3,(H,19,21)(H,20,22). The number of rotatable bonds is 6. The Kier molecular flexibility index (Phi) is 6.17. The summed E-state index contributed by atoms with van der Waals surface area (Å²) in [6.07, 6.45) is 0. The first-order chi connectivity index (χ1) is 11.2. The van der Waals surface area contributed by atoms with Gasteiger partial charge in [-0.25, -0.2) is 0 Å². The monoisotopic (exact) mass is 312 g/mol. The molecule has 120 valence electrons. The molecule has 0 saturated heterocycles. The zero-order valence-corrected chi connectivity index (χ0v) is 13.0. The summed E-state index contributed by atoms with van der Waals surface area (Å²) in [4.78, 5) is 23.5. The van der Waals surface area contributed by atoms with E-state index in [1.54, 1.807) is 0 Å². The third-order valence-electron chi connectivity index (χ3n) is 3.19. The molecule has 2 N–H and O–H groups in total. The van der Waals surface area contributed by atoms with E-state index in [1.807, 2.05) is 61.5 Å². The largest absolute Gasteiger partial charge is 0.494 e. The fourth-order valence-corrected chi connectivity index (χ4v) is 1.99. The molecule has 0 aliphatic heterocycles. The Labute approximate surface area is 135 Å². The lowest BCUT2D eigenvalue weighted by atomic mass is 10.2. The molecule has 0 radical (unpaired) electrons. The summed E-state index contributed by atoms with van der Waals surface area (Å²) in [5, 5.41) is 5.18. The first kappa shape index (κ1) is 16.5. The number of hydrogen-bond acceptors (Lipinski definition) is 3. The number of nitrogens with one attached hydrogen (secondary N) is 2. The van der Waals surface area contributed by atoms with Crippen LogP contribution in [0.1, 0.15) is 18.1 Å². The minimum absolute atomic E-state index is 0.296. The van der Waals surface area contributed by atoms with E-state index in [0.717, 1.165) is 16.9 Å². The molecule has 0 spiro atoms. The van der Waals surface area contributed by atoms with E-state index in [9.17, 15) is 9.59 Å². The van der Waals surface area contributed by atoms with Crippen molar-refractivity contribution in [1.82, 2.24) is 10.6 Å². The highest BCUT2D eigenvalue weighted by atomic mass is 16.5. The van der Waals surface area contributed by atoms with Crippen LogP contribution in [0.3, 0.4) is 0 Å². The van der Waals surface area contributed by atoms with Crippen LogP contribution in [-0.2, 0) is 22.7 Å². The van der Waals surface area contributed by atoms with E-state index in [0.29, 0.717) is 19.7 Å². The molecular weight excluding hydrogens is 292 g/mol. The Balaban J connectivity index is 1.76. The Hall–Kier alpha value is -2.82. The van der Waals surface area contributed by atoms with Gasteiger partial charge in [0, 0.05) is 13.1 Å². The van der Waals surface area contributed by atoms with E-state index in [1.165, 1.54) is 0 Å². The van der Waals surface area contributed by atoms with Crippen molar-refractivity contribution in [3.63, 3.8) is 0 Å². The average molecular weight is 312 g/mol. The fourth-order valence-electron chi connectivity index (χ4n) is 1.99. The molecular formula is C18H20N2O3. The third kappa shape index (κ3) is 5.47. The number of ether oxygens (including phenoxy) is 1. The maximum Gasteiger partial charge on any atom is 0.309 e. The predicted molar refractivity (Wildman–Crippen MR) is 87.7 cm³/mol. The van der Waals surface area contributed by atoms with Crippen LogP contribution in [0.5, 0.6) is 5.75 Å². The average Bonchev–Trinajstić information content (AvgIpc) is 2.60. The summed E-state index contributed by atoms with van der Waals surface area (Å²) in [5.74, 6) is -0.502. The minimum Gasteiger partial charge on any atom is -0.494 e. The summed E-state index contributed by atoms with van der Waals surface area (Å²) in [5.41, 5.74) is 1.85. The fraction of sp³-hybridized carbons (Fsp3) is 0.222. The van der Waals surface area contributed by atoms with Gasteiger partial charge in [0.1, 0.15) is 5.75 Å². The van der Waals surface area contributed by atoms with Gasteiger partial charge in [-0.05, 0) is 30.2 Å². The Bertz CT molecular complexity index is 639. The molecule has 2 rings (SSSR count). The highest BCUT2D eigenvalue weighted by Gasteiger charge is 2.12. The van der Waals surface area contributed by atoms with Crippen molar-refractivity contribution >= 4 is 11.8 Å². The molecule has 5 nitrogen and oxygen atoms in total. The van der Waals surface area contributed by atoms with Crippen LogP contribution in [0, 0.1) is 0 Å². The second-order valence-electron chi connectivity index (χ2n) is 4.93.